The van der Waals surface area contributed by atoms with E-state index < -0.39 is 6.04 Å². The SMILES string of the molecule is COC(=O)C(CC1CCCCC1)N1CC(Oc2cccc(OC)c2Cl)=CC1=O. The number of hydrogen-bond acceptors (Lipinski definition) is 5. The van der Waals surface area contributed by atoms with E-state index >= 15 is 0 Å². The Balaban J connectivity index is 1.71. The Hall–Kier alpha value is -2.21. The molecule has 6 nitrogen and oxygen atoms in total. The Morgan fingerprint density at radius 3 is 2.61 bits per heavy atom. The molecular weight excluding hydrogens is 382 g/mol. The van der Waals surface area contributed by atoms with Crippen molar-refractivity contribution in [1.82, 2.24) is 4.90 Å². The third-order valence-corrected chi connectivity index (χ3v) is 5.79. The van der Waals surface area contributed by atoms with E-state index in [-0.39, 0.29) is 18.4 Å². The molecule has 0 aromatic heterocycles. The van der Waals surface area contributed by atoms with Crippen molar-refractivity contribution in [3.63, 3.8) is 0 Å². The summed E-state index contributed by atoms with van der Waals surface area (Å²) in [5.41, 5.74) is 0. The van der Waals surface area contributed by atoms with Crippen LogP contribution in [0.2, 0.25) is 5.02 Å². The fraction of sp³-hybridized carbons (Fsp3) is 0.524. The topological polar surface area (TPSA) is 65.1 Å². The molecule has 1 aromatic rings. The number of ether oxygens (including phenoxy) is 3. The van der Waals surface area contributed by atoms with Gasteiger partial charge in [-0.05, 0) is 24.5 Å². The van der Waals surface area contributed by atoms with Gasteiger partial charge < -0.3 is 19.1 Å². The van der Waals surface area contributed by atoms with Gasteiger partial charge in [0.1, 0.15) is 28.3 Å². The monoisotopic (exact) mass is 407 g/mol. The van der Waals surface area contributed by atoms with E-state index in [4.69, 9.17) is 25.8 Å². The van der Waals surface area contributed by atoms with Gasteiger partial charge in [-0.15, -0.1) is 0 Å². The van der Waals surface area contributed by atoms with E-state index in [0.29, 0.717) is 34.6 Å². The van der Waals surface area contributed by atoms with Crippen LogP contribution in [0.4, 0.5) is 0 Å². The molecule has 0 spiro atoms. The average Bonchev–Trinajstić information content (AvgIpc) is 3.07. The lowest BCUT2D eigenvalue weighted by atomic mass is 9.84. The summed E-state index contributed by atoms with van der Waals surface area (Å²) in [6.45, 7) is 0.207. The van der Waals surface area contributed by atoms with Crippen LogP contribution in [0.3, 0.4) is 0 Å². The van der Waals surface area contributed by atoms with Crippen molar-refractivity contribution >= 4 is 23.5 Å². The molecule has 1 atom stereocenters. The minimum atomic E-state index is -0.598. The van der Waals surface area contributed by atoms with Crippen LogP contribution in [0.25, 0.3) is 0 Å². The van der Waals surface area contributed by atoms with Crippen LogP contribution in [0.15, 0.2) is 30.0 Å². The summed E-state index contributed by atoms with van der Waals surface area (Å²) < 4.78 is 16.0. The standard InChI is InChI=1S/C21H26ClNO5/c1-26-17-9-6-10-18(20(17)22)28-15-12-19(24)23(13-15)16(21(25)27-2)11-14-7-4-3-5-8-14/h6,9-10,12,14,16H,3-5,7-8,11,13H2,1-2H3. The highest BCUT2D eigenvalue weighted by Gasteiger charge is 2.36. The first-order chi connectivity index (χ1) is 13.5. The Morgan fingerprint density at radius 2 is 1.93 bits per heavy atom. The Morgan fingerprint density at radius 1 is 1.21 bits per heavy atom. The van der Waals surface area contributed by atoms with Gasteiger partial charge in [0.05, 0.1) is 20.8 Å². The number of amides is 1. The minimum absolute atomic E-state index is 0.207. The zero-order valence-electron chi connectivity index (χ0n) is 16.3. The van der Waals surface area contributed by atoms with Crippen LogP contribution in [-0.4, -0.2) is 43.6 Å². The predicted molar refractivity (Wildman–Crippen MR) is 105 cm³/mol. The number of rotatable bonds is 7. The van der Waals surface area contributed by atoms with E-state index in [9.17, 15) is 9.59 Å². The van der Waals surface area contributed by atoms with E-state index in [1.807, 2.05) is 0 Å². The second-order valence-electron chi connectivity index (χ2n) is 7.23. The summed E-state index contributed by atoms with van der Waals surface area (Å²) in [5.74, 6) is 1.14. The Kier molecular flexibility index (Phi) is 6.83. The van der Waals surface area contributed by atoms with Gasteiger partial charge in [0.25, 0.3) is 5.91 Å². The van der Waals surface area contributed by atoms with E-state index in [1.54, 1.807) is 18.2 Å². The first-order valence-corrected chi connectivity index (χ1v) is 10.0. The largest absolute Gasteiger partial charge is 0.495 e. The molecule has 1 aliphatic heterocycles. The molecule has 1 unspecified atom stereocenters. The van der Waals surface area contributed by atoms with Crippen molar-refractivity contribution in [3.05, 3.63) is 35.1 Å². The van der Waals surface area contributed by atoms with E-state index in [0.717, 1.165) is 12.8 Å². The number of carbonyl (C=O) groups is 2. The highest BCUT2D eigenvalue weighted by molar-refractivity contribution is 6.33. The van der Waals surface area contributed by atoms with Gasteiger partial charge in [-0.2, -0.15) is 0 Å². The van der Waals surface area contributed by atoms with E-state index in [2.05, 4.69) is 0 Å². The average molecular weight is 408 g/mol. The molecule has 0 saturated heterocycles. The number of benzene rings is 1. The molecule has 2 aliphatic rings. The van der Waals surface area contributed by atoms with Crippen molar-refractivity contribution in [2.45, 2.75) is 44.6 Å². The second-order valence-corrected chi connectivity index (χ2v) is 7.61. The van der Waals surface area contributed by atoms with E-state index in [1.165, 1.54) is 44.5 Å². The van der Waals surface area contributed by atoms with Crippen LogP contribution in [0.1, 0.15) is 38.5 Å². The number of esters is 1. The van der Waals surface area contributed by atoms with Crippen molar-refractivity contribution in [1.29, 1.82) is 0 Å². The molecule has 1 amide bonds. The number of hydrogen-bond donors (Lipinski definition) is 0. The number of nitrogens with zero attached hydrogens (tertiary/aromatic N) is 1. The molecule has 1 aromatic carbocycles. The predicted octanol–water partition coefficient (Wildman–Crippen LogP) is 3.97. The maximum Gasteiger partial charge on any atom is 0.328 e. The molecule has 1 saturated carbocycles. The van der Waals surface area contributed by atoms with Gasteiger partial charge in [0.15, 0.2) is 0 Å². The third-order valence-electron chi connectivity index (χ3n) is 5.41. The summed E-state index contributed by atoms with van der Waals surface area (Å²) in [6, 6.07) is 4.60. The zero-order chi connectivity index (χ0) is 20.1. The molecule has 0 bridgehead atoms. The molecular formula is C21H26ClNO5. The van der Waals surface area contributed by atoms with Gasteiger partial charge in [0.2, 0.25) is 0 Å². The second kappa shape index (κ2) is 9.32. The molecule has 28 heavy (non-hydrogen) atoms. The Bertz CT molecular complexity index is 757. The lowest BCUT2D eigenvalue weighted by molar-refractivity contribution is -0.151. The van der Waals surface area contributed by atoms with Crippen molar-refractivity contribution in [2.75, 3.05) is 20.8 Å². The summed E-state index contributed by atoms with van der Waals surface area (Å²) in [5, 5.41) is 0.337. The molecule has 3 rings (SSSR count). The summed E-state index contributed by atoms with van der Waals surface area (Å²) >= 11 is 6.27. The quantitative estimate of drug-likeness (QED) is 0.640. The highest BCUT2D eigenvalue weighted by Crippen LogP contribution is 2.36. The van der Waals surface area contributed by atoms with Crippen molar-refractivity contribution in [2.24, 2.45) is 5.92 Å². The lowest BCUT2D eigenvalue weighted by Gasteiger charge is -2.30. The molecule has 152 valence electrons. The third kappa shape index (κ3) is 4.61. The fourth-order valence-corrected chi connectivity index (χ4v) is 4.17. The van der Waals surface area contributed by atoms with Crippen LogP contribution in [0.5, 0.6) is 11.5 Å². The van der Waals surface area contributed by atoms with Crippen molar-refractivity contribution in [3.8, 4) is 11.5 Å². The maximum atomic E-state index is 12.6. The number of halogens is 1. The molecule has 7 heteroatoms. The Labute approximate surface area is 170 Å². The van der Waals surface area contributed by atoms with Gasteiger partial charge in [-0.3, -0.25) is 4.79 Å². The smallest absolute Gasteiger partial charge is 0.328 e. The first kappa shape index (κ1) is 20.5. The molecule has 1 aliphatic carbocycles. The van der Waals surface area contributed by atoms with Gasteiger partial charge in [-0.25, -0.2) is 4.79 Å². The van der Waals surface area contributed by atoms with Gasteiger partial charge in [0, 0.05) is 6.08 Å². The highest BCUT2D eigenvalue weighted by atomic mass is 35.5. The molecule has 1 heterocycles. The van der Waals surface area contributed by atoms with Crippen LogP contribution in [-0.2, 0) is 14.3 Å². The maximum absolute atomic E-state index is 12.6. The van der Waals surface area contributed by atoms with Gasteiger partial charge in [-0.1, -0.05) is 49.8 Å². The minimum Gasteiger partial charge on any atom is -0.495 e. The zero-order valence-corrected chi connectivity index (χ0v) is 17.0. The summed E-state index contributed by atoms with van der Waals surface area (Å²) in [7, 11) is 2.88. The van der Waals surface area contributed by atoms with Crippen LogP contribution < -0.4 is 9.47 Å². The summed E-state index contributed by atoms with van der Waals surface area (Å²) in [6.07, 6.45) is 7.80. The van der Waals surface area contributed by atoms with Crippen LogP contribution >= 0.6 is 11.6 Å². The number of carbonyl (C=O) groups excluding carboxylic acids is 2. The molecule has 0 radical (unpaired) electrons. The van der Waals surface area contributed by atoms with Crippen LogP contribution in [0, 0.1) is 5.92 Å². The fourth-order valence-electron chi connectivity index (χ4n) is 3.93. The van der Waals surface area contributed by atoms with Gasteiger partial charge >= 0.3 is 5.97 Å². The number of methoxy groups -OCH3 is 2. The lowest BCUT2D eigenvalue weighted by Crippen LogP contribution is -2.44. The first-order valence-electron chi connectivity index (χ1n) is 9.62. The normalized spacial score (nSPS) is 18.6. The van der Waals surface area contributed by atoms with Crippen molar-refractivity contribution < 1.29 is 23.8 Å². The molecule has 1 fully saturated rings. The molecule has 0 N–H and O–H groups in total. The summed E-state index contributed by atoms with van der Waals surface area (Å²) in [4.78, 5) is 26.5.